The van der Waals surface area contributed by atoms with E-state index in [4.69, 9.17) is 16.3 Å². The van der Waals surface area contributed by atoms with E-state index in [1.54, 1.807) is 30.3 Å². The van der Waals surface area contributed by atoms with Gasteiger partial charge in [0, 0.05) is 5.70 Å². The molecule has 5 amide bonds. The number of halogens is 1. The quantitative estimate of drug-likeness (QED) is 0.478. The van der Waals surface area contributed by atoms with Crippen LogP contribution in [0.1, 0.15) is 10.4 Å². The molecule has 3 rings (SSSR count). The number of barbiturate groups is 1. The summed E-state index contributed by atoms with van der Waals surface area (Å²) in [6, 6.07) is 11.6. The van der Waals surface area contributed by atoms with Crippen molar-refractivity contribution in [2.45, 2.75) is 0 Å². The van der Waals surface area contributed by atoms with Gasteiger partial charge in [-0.15, -0.1) is 0 Å². The molecule has 154 valence electrons. The number of nitrogens with zero attached hydrogens (tertiary/aromatic N) is 1. The molecule has 0 unspecified atom stereocenters. The van der Waals surface area contributed by atoms with E-state index in [-0.39, 0.29) is 22.0 Å². The van der Waals surface area contributed by atoms with Crippen molar-refractivity contribution in [3.05, 3.63) is 71.4 Å². The van der Waals surface area contributed by atoms with Crippen LogP contribution in [0.3, 0.4) is 0 Å². The minimum Gasteiger partial charge on any atom is -0.497 e. The van der Waals surface area contributed by atoms with E-state index >= 15 is 0 Å². The number of hydrazine groups is 1. The first kappa shape index (κ1) is 20.9. The van der Waals surface area contributed by atoms with Crippen LogP contribution in [-0.2, 0) is 9.59 Å². The average molecular weight is 429 g/mol. The Hall–Kier alpha value is -3.85. The largest absolute Gasteiger partial charge is 0.497 e. The van der Waals surface area contributed by atoms with Crippen LogP contribution in [0.4, 0.5) is 10.5 Å². The normalized spacial score (nSPS) is 16.0. The second kappa shape index (κ2) is 8.66. The van der Waals surface area contributed by atoms with Crippen LogP contribution in [0.2, 0.25) is 5.02 Å². The van der Waals surface area contributed by atoms with E-state index in [1.165, 1.54) is 25.3 Å². The van der Waals surface area contributed by atoms with Crippen molar-refractivity contribution >= 4 is 41.0 Å². The summed E-state index contributed by atoms with van der Waals surface area (Å²) in [5.41, 5.74) is 5.09. The number of hydrogen-bond acceptors (Lipinski definition) is 6. The van der Waals surface area contributed by atoms with E-state index in [0.29, 0.717) is 5.75 Å². The molecule has 1 fully saturated rings. The Labute approximate surface area is 176 Å². The minimum atomic E-state index is -1.45. The van der Waals surface area contributed by atoms with E-state index in [9.17, 15) is 19.2 Å². The Balaban J connectivity index is 1.75. The number of hydrogen-bond donors (Lipinski definition) is 3. The summed E-state index contributed by atoms with van der Waals surface area (Å²) >= 11 is 5.97. The van der Waals surface area contributed by atoms with Crippen molar-refractivity contribution in [2.75, 3.05) is 12.0 Å². The molecule has 0 spiro atoms. The molecular formula is C20H17ClN4O5. The van der Waals surface area contributed by atoms with Crippen molar-refractivity contribution < 1.29 is 23.9 Å². The molecule has 0 radical (unpaired) electrons. The van der Waals surface area contributed by atoms with E-state index < -0.39 is 29.7 Å². The molecule has 0 aromatic heterocycles. The molecule has 2 aromatic rings. The molecule has 0 aliphatic carbocycles. The first-order valence-electron chi connectivity index (χ1n) is 8.66. The van der Waals surface area contributed by atoms with Gasteiger partial charge in [-0.2, -0.15) is 0 Å². The zero-order valence-corrected chi connectivity index (χ0v) is 16.5. The van der Waals surface area contributed by atoms with E-state index in [0.717, 1.165) is 4.90 Å². The summed E-state index contributed by atoms with van der Waals surface area (Å²) in [5.74, 6) is -3.19. The number of amides is 5. The maximum Gasteiger partial charge on any atom is 0.335 e. The van der Waals surface area contributed by atoms with Gasteiger partial charge in [-0.25, -0.2) is 9.69 Å². The van der Waals surface area contributed by atoms with Gasteiger partial charge in [0.2, 0.25) is 5.91 Å². The molecule has 9 nitrogen and oxygen atoms in total. The van der Waals surface area contributed by atoms with E-state index in [2.05, 4.69) is 22.7 Å². The van der Waals surface area contributed by atoms with Gasteiger partial charge in [-0.3, -0.25) is 25.1 Å². The first-order chi connectivity index (χ1) is 14.3. The highest BCUT2D eigenvalue weighted by molar-refractivity contribution is 6.33. The molecule has 3 N–H and O–H groups in total. The summed E-state index contributed by atoms with van der Waals surface area (Å²) in [5, 5.41) is 2.33. The predicted octanol–water partition coefficient (Wildman–Crippen LogP) is 2.00. The summed E-state index contributed by atoms with van der Waals surface area (Å²) < 4.78 is 5.05. The summed E-state index contributed by atoms with van der Waals surface area (Å²) in [7, 11) is 1.48. The van der Waals surface area contributed by atoms with Gasteiger partial charge >= 0.3 is 6.03 Å². The number of rotatable bonds is 6. The first-order valence-corrected chi connectivity index (χ1v) is 9.03. The van der Waals surface area contributed by atoms with Crippen LogP contribution in [0.25, 0.3) is 0 Å². The van der Waals surface area contributed by atoms with Crippen molar-refractivity contribution in [2.24, 2.45) is 5.92 Å². The highest BCUT2D eigenvalue weighted by atomic mass is 35.5. The average Bonchev–Trinajstić information content (AvgIpc) is 2.72. The maximum atomic E-state index is 12.9. The Morgan fingerprint density at radius 2 is 1.77 bits per heavy atom. The number of carbonyl (C=O) groups excluding carboxylic acids is 4. The number of anilines is 1. The SMILES string of the molecule is C=C(NNC(=O)c1ccccc1Cl)[C@@H]1C(=O)NC(=O)N(c2ccc(OC)cc2)C1=O. The third-order valence-corrected chi connectivity index (χ3v) is 4.63. The van der Waals surface area contributed by atoms with Gasteiger partial charge in [-0.1, -0.05) is 30.3 Å². The Bertz CT molecular complexity index is 1040. The fourth-order valence-electron chi connectivity index (χ4n) is 2.78. The molecule has 10 heteroatoms. The molecule has 1 aliphatic heterocycles. The van der Waals surface area contributed by atoms with Crippen molar-refractivity contribution in [1.29, 1.82) is 0 Å². The standard InChI is InChI=1S/C20H17ClN4O5/c1-11(23-24-17(26)14-5-3-4-6-15(14)21)16-18(27)22-20(29)25(19(16)28)12-7-9-13(30-2)10-8-12/h3-10,16,23H,1H2,2H3,(H,24,26)(H,22,27,29)/t16-/m1/s1. The molecule has 1 aliphatic rings. The number of nitrogens with one attached hydrogen (secondary N) is 3. The monoisotopic (exact) mass is 428 g/mol. The summed E-state index contributed by atoms with van der Waals surface area (Å²) in [6.07, 6.45) is 0. The second-order valence-electron chi connectivity index (χ2n) is 6.18. The lowest BCUT2D eigenvalue weighted by Gasteiger charge is -2.31. The van der Waals surface area contributed by atoms with Gasteiger partial charge in [0.25, 0.3) is 11.8 Å². The second-order valence-corrected chi connectivity index (χ2v) is 6.59. The van der Waals surface area contributed by atoms with Gasteiger partial charge in [0.05, 0.1) is 23.4 Å². The van der Waals surface area contributed by atoms with Gasteiger partial charge in [-0.05, 0) is 36.4 Å². The number of ether oxygens (including phenoxy) is 1. The molecule has 2 aromatic carbocycles. The van der Waals surface area contributed by atoms with Crippen LogP contribution in [0.5, 0.6) is 5.75 Å². The number of methoxy groups -OCH3 is 1. The Morgan fingerprint density at radius 1 is 1.10 bits per heavy atom. The van der Waals surface area contributed by atoms with E-state index in [1.807, 2.05) is 0 Å². The summed E-state index contributed by atoms with van der Waals surface area (Å²) in [4.78, 5) is 50.5. The smallest absolute Gasteiger partial charge is 0.335 e. The highest BCUT2D eigenvalue weighted by Crippen LogP contribution is 2.25. The number of benzene rings is 2. The van der Waals surface area contributed by atoms with Gasteiger partial charge < -0.3 is 10.2 Å². The zero-order valence-electron chi connectivity index (χ0n) is 15.8. The lowest BCUT2D eigenvalue weighted by atomic mass is 10.0. The molecule has 0 saturated carbocycles. The number of imide groups is 2. The molecular weight excluding hydrogens is 412 g/mol. The predicted molar refractivity (Wildman–Crippen MR) is 109 cm³/mol. The lowest BCUT2D eigenvalue weighted by Crippen LogP contribution is -2.60. The van der Waals surface area contributed by atoms with Crippen molar-refractivity contribution in [3.8, 4) is 5.75 Å². The maximum absolute atomic E-state index is 12.9. The molecule has 30 heavy (non-hydrogen) atoms. The van der Waals surface area contributed by atoms with Gasteiger partial charge in [0.15, 0.2) is 5.92 Å². The van der Waals surface area contributed by atoms with Crippen molar-refractivity contribution in [1.82, 2.24) is 16.2 Å². The fraction of sp³-hybridized carbons (Fsp3) is 0.100. The fourth-order valence-corrected chi connectivity index (χ4v) is 3.00. The zero-order chi connectivity index (χ0) is 21.8. The number of carbonyl (C=O) groups is 4. The third kappa shape index (κ3) is 4.11. The molecule has 0 bridgehead atoms. The minimum absolute atomic E-state index is 0.121. The Morgan fingerprint density at radius 3 is 2.40 bits per heavy atom. The highest BCUT2D eigenvalue weighted by Gasteiger charge is 2.43. The van der Waals surface area contributed by atoms with Gasteiger partial charge in [0.1, 0.15) is 5.75 Å². The molecule has 1 atom stereocenters. The van der Waals surface area contributed by atoms with Crippen LogP contribution in [0.15, 0.2) is 60.8 Å². The van der Waals surface area contributed by atoms with Crippen molar-refractivity contribution in [3.63, 3.8) is 0 Å². The molecule has 1 saturated heterocycles. The third-order valence-electron chi connectivity index (χ3n) is 4.30. The number of urea groups is 1. The Kier molecular flexibility index (Phi) is 6.03. The van der Waals surface area contributed by atoms with Crippen LogP contribution < -0.4 is 25.8 Å². The topological polar surface area (TPSA) is 117 Å². The van der Waals surface area contributed by atoms with Crippen LogP contribution >= 0.6 is 11.6 Å². The van der Waals surface area contributed by atoms with Crippen LogP contribution in [0, 0.1) is 5.92 Å². The van der Waals surface area contributed by atoms with Crippen LogP contribution in [-0.4, -0.2) is 30.9 Å². The lowest BCUT2D eigenvalue weighted by molar-refractivity contribution is -0.132. The molecule has 1 heterocycles. The summed E-state index contributed by atoms with van der Waals surface area (Å²) in [6.45, 7) is 3.65.